The smallest absolute Gasteiger partial charge is 0.246 e. The third-order valence-corrected chi connectivity index (χ3v) is 5.44. The molecule has 0 amide bonds. The molecule has 1 aromatic rings. The Morgan fingerprint density at radius 2 is 2.33 bits per heavy atom. The number of hydrogen-bond donors (Lipinski definition) is 1. The van der Waals surface area contributed by atoms with Gasteiger partial charge in [-0.05, 0) is 30.9 Å². The predicted molar refractivity (Wildman–Crippen MR) is 67.8 cm³/mol. The molecule has 0 radical (unpaired) electrons. The third kappa shape index (κ3) is 2.66. The fraction of sp³-hybridized carbons (Fsp3) is 0.545. The Hall–Kier alpha value is -0.690. The van der Waals surface area contributed by atoms with Crippen molar-refractivity contribution in [3.8, 4) is 0 Å². The van der Waals surface area contributed by atoms with Gasteiger partial charge in [0.25, 0.3) is 0 Å². The number of aromatic nitrogens is 1. The van der Waals surface area contributed by atoms with Crippen LogP contribution in [0.4, 0.5) is 0 Å². The maximum absolute atomic E-state index is 12.3. The lowest BCUT2D eigenvalue weighted by Gasteiger charge is -2.16. The van der Waals surface area contributed by atoms with Gasteiger partial charge in [-0.2, -0.15) is 4.31 Å². The van der Waals surface area contributed by atoms with Crippen LogP contribution in [-0.4, -0.2) is 42.5 Å². The van der Waals surface area contributed by atoms with Gasteiger partial charge in [-0.25, -0.2) is 13.4 Å². The van der Waals surface area contributed by atoms with Crippen LogP contribution in [0.3, 0.4) is 0 Å². The van der Waals surface area contributed by atoms with Crippen LogP contribution in [0.2, 0.25) is 5.15 Å². The zero-order valence-corrected chi connectivity index (χ0v) is 11.4. The van der Waals surface area contributed by atoms with Gasteiger partial charge < -0.3 is 5.11 Å². The van der Waals surface area contributed by atoms with Crippen molar-refractivity contribution in [3.05, 3.63) is 23.5 Å². The van der Waals surface area contributed by atoms with Crippen LogP contribution >= 0.6 is 11.6 Å². The van der Waals surface area contributed by atoms with E-state index in [2.05, 4.69) is 4.98 Å². The zero-order valence-electron chi connectivity index (χ0n) is 9.79. The molecule has 0 bridgehead atoms. The number of aliphatic hydroxyl groups is 1. The fourth-order valence-electron chi connectivity index (χ4n) is 2.14. The number of nitrogens with zero attached hydrogens (tertiary/aromatic N) is 2. The van der Waals surface area contributed by atoms with Crippen molar-refractivity contribution in [2.24, 2.45) is 5.92 Å². The summed E-state index contributed by atoms with van der Waals surface area (Å²) in [6, 6.07) is 3.02. The Morgan fingerprint density at radius 1 is 1.56 bits per heavy atom. The highest BCUT2D eigenvalue weighted by Gasteiger charge is 2.33. The average molecular weight is 291 g/mol. The normalized spacial score (nSPS) is 21.3. The van der Waals surface area contributed by atoms with Crippen LogP contribution in [0.15, 0.2) is 23.2 Å². The molecule has 0 saturated carbocycles. The molecule has 1 saturated heterocycles. The fourth-order valence-corrected chi connectivity index (χ4v) is 4.10. The molecule has 1 fully saturated rings. The molecular formula is C11H15ClN2O3S. The van der Waals surface area contributed by atoms with Gasteiger partial charge in [0, 0.05) is 25.9 Å². The Morgan fingerprint density at radius 3 is 3.00 bits per heavy atom. The molecule has 1 unspecified atom stereocenters. The monoisotopic (exact) mass is 290 g/mol. The van der Waals surface area contributed by atoms with E-state index in [1.165, 1.54) is 16.6 Å². The minimum absolute atomic E-state index is 0.00288. The van der Waals surface area contributed by atoms with Crippen LogP contribution in [0.25, 0.3) is 0 Å². The van der Waals surface area contributed by atoms with Crippen molar-refractivity contribution in [1.29, 1.82) is 0 Å². The predicted octanol–water partition coefficient (Wildman–Crippen LogP) is 1.13. The summed E-state index contributed by atoms with van der Waals surface area (Å²) in [6.07, 6.45) is 2.87. The first-order valence-corrected chi connectivity index (χ1v) is 7.59. The molecule has 2 heterocycles. The van der Waals surface area contributed by atoms with Gasteiger partial charge in [-0.15, -0.1) is 0 Å². The first kappa shape index (κ1) is 13.7. The van der Waals surface area contributed by atoms with Gasteiger partial charge in [0.2, 0.25) is 10.0 Å². The molecule has 1 atom stereocenters. The summed E-state index contributed by atoms with van der Waals surface area (Å²) in [5.74, 6) is 0.222. The lowest BCUT2D eigenvalue weighted by Crippen LogP contribution is -2.29. The first-order valence-electron chi connectivity index (χ1n) is 5.77. The summed E-state index contributed by atoms with van der Waals surface area (Å²) in [7, 11) is -3.56. The molecular weight excluding hydrogens is 276 g/mol. The van der Waals surface area contributed by atoms with E-state index in [0.717, 1.165) is 6.42 Å². The molecule has 5 nitrogen and oxygen atoms in total. The van der Waals surface area contributed by atoms with Gasteiger partial charge in [0.05, 0.1) is 0 Å². The van der Waals surface area contributed by atoms with Crippen LogP contribution < -0.4 is 0 Å². The van der Waals surface area contributed by atoms with Crippen LogP contribution in [0.1, 0.15) is 12.8 Å². The topological polar surface area (TPSA) is 70.5 Å². The summed E-state index contributed by atoms with van der Waals surface area (Å²) < 4.78 is 26.1. The number of sulfonamides is 1. The highest BCUT2D eigenvalue weighted by molar-refractivity contribution is 7.89. The van der Waals surface area contributed by atoms with Crippen LogP contribution in [0, 0.1) is 5.92 Å². The van der Waals surface area contributed by atoms with Crippen molar-refractivity contribution >= 4 is 21.6 Å². The summed E-state index contributed by atoms with van der Waals surface area (Å²) in [5, 5.41) is 8.88. The maximum Gasteiger partial charge on any atom is 0.246 e. The quantitative estimate of drug-likeness (QED) is 0.844. The second kappa shape index (κ2) is 5.52. The van der Waals surface area contributed by atoms with Crippen molar-refractivity contribution in [2.45, 2.75) is 17.7 Å². The van der Waals surface area contributed by atoms with Gasteiger partial charge in [0.15, 0.2) is 0 Å². The highest BCUT2D eigenvalue weighted by atomic mass is 35.5. The SMILES string of the molecule is O=S(=O)(c1cccnc1Cl)N1CCC(CCO)C1. The van der Waals surface area contributed by atoms with Gasteiger partial charge >= 0.3 is 0 Å². The standard InChI is InChI=1S/C11H15ClN2O3S/c12-11-10(2-1-5-13-11)18(16,17)14-6-3-9(8-14)4-7-15/h1-2,5,9,15H,3-4,6-8H2. The summed E-state index contributed by atoms with van der Waals surface area (Å²) >= 11 is 5.83. The maximum atomic E-state index is 12.3. The van der Waals surface area contributed by atoms with Crippen molar-refractivity contribution in [2.75, 3.05) is 19.7 Å². The highest BCUT2D eigenvalue weighted by Crippen LogP contribution is 2.28. The van der Waals surface area contributed by atoms with Crippen molar-refractivity contribution < 1.29 is 13.5 Å². The molecule has 18 heavy (non-hydrogen) atoms. The molecule has 1 aliphatic rings. The van der Waals surface area contributed by atoms with Crippen LogP contribution in [0.5, 0.6) is 0 Å². The zero-order chi connectivity index (χ0) is 13.2. The molecule has 0 aliphatic carbocycles. The molecule has 100 valence electrons. The number of halogens is 1. The van der Waals surface area contributed by atoms with Gasteiger partial charge in [-0.1, -0.05) is 11.6 Å². The second-order valence-corrected chi connectivity index (χ2v) is 6.59. The summed E-state index contributed by atoms with van der Waals surface area (Å²) in [6.45, 7) is 0.999. The minimum atomic E-state index is -3.56. The van der Waals surface area contributed by atoms with Crippen molar-refractivity contribution in [3.63, 3.8) is 0 Å². The van der Waals surface area contributed by atoms with E-state index in [0.29, 0.717) is 19.5 Å². The van der Waals surface area contributed by atoms with E-state index in [-0.39, 0.29) is 22.6 Å². The first-order chi connectivity index (χ1) is 8.55. The number of aliphatic hydroxyl groups excluding tert-OH is 1. The van der Waals surface area contributed by atoms with Crippen molar-refractivity contribution in [1.82, 2.24) is 9.29 Å². The van der Waals surface area contributed by atoms with E-state index >= 15 is 0 Å². The largest absolute Gasteiger partial charge is 0.396 e. The molecule has 1 aromatic heterocycles. The molecule has 1 N–H and O–H groups in total. The average Bonchev–Trinajstić information content (AvgIpc) is 2.79. The van der Waals surface area contributed by atoms with E-state index in [1.807, 2.05) is 0 Å². The molecule has 7 heteroatoms. The van der Waals surface area contributed by atoms with Gasteiger partial charge in [-0.3, -0.25) is 0 Å². The van der Waals surface area contributed by atoms with E-state index < -0.39 is 10.0 Å². The number of pyridine rings is 1. The molecule has 0 spiro atoms. The van der Waals surface area contributed by atoms with Gasteiger partial charge in [0.1, 0.15) is 10.0 Å². The second-order valence-electron chi connectivity index (χ2n) is 4.32. The molecule has 0 aromatic carbocycles. The number of hydrogen-bond acceptors (Lipinski definition) is 4. The van der Waals surface area contributed by atoms with E-state index in [4.69, 9.17) is 16.7 Å². The summed E-state index contributed by atoms with van der Waals surface area (Å²) in [5.41, 5.74) is 0. The Kier molecular flexibility index (Phi) is 4.21. The van der Waals surface area contributed by atoms with Crippen LogP contribution in [-0.2, 0) is 10.0 Å². The molecule has 2 rings (SSSR count). The van der Waals surface area contributed by atoms with E-state index in [1.54, 1.807) is 6.07 Å². The third-order valence-electron chi connectivity index (χ3n) is 3.13. The number of rotatable bonds is 4. The van der Waals surface area contributed by atoms with E-state index in [9.17, 15) is 8.42 Å². The Balaban J connectivity index is 2.21. The lowest BCUT2D eigenvalue weighted by molar-refractivity contribution is 0.259. The minimum Gasteiger partial charge on any atom is -0.396 e. The Labute approximate surface area is 111 Å². The lowest BCUT2D eigenvalue weighted by atomic mass is 10.1. The Bertz CT molecular complexity index is 521. The molecule has 1 aliphatic heterocycles. The summed E-state index contributed by atoms with van der Waals surface area (Å²) in [4.78, 5) is 3.84.